The zero-order valence-electron chi connectivity index (χ0n) is 9.77. The second-order valence-electron chi connectivity index (χ2n) is 3.55. The summed E-state index contributed by atoms with van der Waals surface area (Å²) < 4.78 is 7.02. The van der Waals surface area contributed by atoms with Crippen LogP contribution in [0.3, 0.4) is 0 Å². The van der Waals surface area contributed by atoms with Gasteiger partial charge in [-0.1, -0.05) is 0 Å². The van der Waals surface area contributed by atoms with Crippen LogP contribution < -0.4 is 5.32 Å². The Bertz CT molecular complexity index is 513. The molecule has 0 amide bonds. The average molecular weight is 256 g/mol. The lowest BCUT2D eigenvalue weighted by atomic mass is 10.4. The van der Waals surface area contributed by atoms with E-state index in [-0.39, 0.29) is 5.28 Å². The first kappa shape index (κ1) is 12.1. The van der Waals surface area contributed by atoms with Gasteiger partial charge in [0.05, 0.1) is 6.33 Å². The van der Waals surface area contributed by atoms with Crippen LogP contribution >= 0.6 is 11.6 Å². The van der Waals surface area contributed by atoms with Crippen LogP contribution in [0, 0.1) is 0 Å². The molecule has 0 bridgehead atoms. The zero-order chi connectivity index (χ0) is 12.3. The number of anilines is 1. The van der Waals surface area contributed by atoms with Gasteiger partial charge in [0, 0.05) is 27.3 Å². The quantitative estimate of drug-likeness (QED) is 0.649. The van der Waals surface area contributed by atoms with Gasteiger partial charge in [-0.2, -0.15) is 9.97 Å². The maximum atomic E-state index is 5.81. The summed E-state index contributed by atoms with van der Waals surface area (Å²) in [4.78, 5) is 12.4. The van der Waals surface area contributed by atoms with Crippen molar-refractivity contribution < 1.29 is 4.74 Å². The largest absolute Gasteiger partial charge is 0.385 e. The number of nitrogens with zero attached hydrogens (tertiary/aromatic N) is 4. The van der Waals surface area contributed by atoms with E-state index in [9.17, 15) is 0 Å². The summed E-state index contributed by atoms with van der Waals surface area (Å²) in [5, 5.41) is 3.20. The van der Waals surface area contributed by atoms with Crippen LogP contribution in [0.4, 0.5) is 5.82 Å². The van der Waals surface area contributed by atoms with E-state index < -0.39 is 0 Å². The predicted octanol–water partition coefficient (Wildman–Crippen LogP) is 1.56. The highest BCUT2D eigenvalue weighted by atomic mass is 35.5. The zero-order valence-corrected chi connectivity index (χ0v) is 10.5. The molecule has 17 heavy (non-hydrogen) atoms. The number of hydrogen-bond acceptors (Lipinski definition) is 5. The van der Waals surface area contributed by atoms with Crippen molar-refractivity contribution in [2.24, 2.45) is 0 Å². The summed E-state index contributed by atoms with van der Waals surface area (Å²) in [7, 11) is 3.48. The molecule has 2 aromatic heterocycles. The smallest absolute Gasteiger partial charge is 0.226 e. The molecule has 0 aliphatic heterocycles. The highest BCUT2D eigenvalue weighted by Crippen LogP contribution is 2.21. The van der Waals surface area contributed by atoms with E-state index in [1.165, 1.54) is 0 Å². The van der Waals surface area contributed by atoms with Gasteiger partial charge in [0.15, 0.2) is 11.5 Å². The normalized spacial score (nSPS) is 11.0. The Kier molecular flexibility index (Phi) is 3.75. The van der Waals surface area contributed by atoms with Gasteiger partial charge in [0.25, 0.3) is 0 Å². The highest BCUT2D eigenvalue weighted by Gasteiger charge is 2.11. The molecule has 2 aromatic rings. The molecule has 7 heteroatoms. The summed E-state index contributed by atoms with van der Waals surface area (Å²) in [6, 6.07) is 0. The minimum absolute atomic E-state index is 0.198. The van der Waals surface area contributed by atoms with E-state index in [1.807, 2.05) is 4.57 Å². The van der Waals surface area contributed by atoms with E-state index in [2.05, 4.69) is 20.3 Å². The lowest BCUT2D eigenvalue weighted by molar-refractivity contribution is 0.190. The molecule has 0 spiro atoms. The van der Waals surface area contributed by atoms with Gasteiger partial charge in [-0.3, -0.25) is 0 Å². The number of rotatable bonds is 5. The minimum atomic E-state index is 0.198. The van der Waals surface area contributed by atoms with Gasteiger partial charge >= 0.3 is 0 Å². The Balaban J connectivity index is 2.37. The molecule has 0 aliphatic carbocycles. The van der Waals surface area contributed by atoms with Gasteiger partial charge in [-0.15, -0.1) is 0 Å². The minimum Gasteiger partial charge on any atom is -0.385 e. The molecule has 92 valence electrons. The molecule has 2 rings (SSSR count). The molecule has 0 fully saturated rings. The molecule has 0 saturated heterocycles. The summed E-state index contributed by atoms with van der Waals surface area (Å²) in [5.74, 6) is 0.690. The number of ether oxygens (including phenoxy) is 1. The lowest BCUT2D eigenvalue weighted by Crippen LogP contribution is -2.03. The van der Waals surface area contributed by atoms with Crippen LogP contribution in [0.1, 0.15) is 6.42 Å². The highest BCUT2D eigenvalue weighted by molar-refractivity contribution is 6.28. The molecule has 0 aromatic carbocycles. The van der Waals surface area contributed by atoms with Crippen molar-refractivity contribution in [2.45, 2.75) is 13.0 Å². The van der Waals surface area contributed by atoms with E-state index in [0.29, 0.717) is 18.1 Å². The Morgan fingerprint density at radius 2 is 2.29 bits per heavy atom. The summed E-state index contributed by atoms with van der Waals surface area (Å²) in [6.45, 7) is 1.52. The Morgan fingerprint density at radius 1 is 1.47 bits per heavy atom. The molecule has 0 unspecified atom stereocenters. The Morgan fingerprint density at radius 3 is 3.00 bits per heavy atom. The van der Waals surface area contributed by atoms with Crippen molar-refractivity contribution in [1.29, 1.82) is 0 Å². The van der Waals surface area contributed by atoms with Crippen LogP contribution in [-0.4, -0.2) is 40.3 Å². The molecule has 6 nitrogen and oxygen atoms in total. The third kappa shape index (κ3) is 2.48. The number of imidazole rings is 1. The SMILES string of the molecule is CNc1nc(Cl)nc2ncn(CCCOC)c12. The number of halogens is 1. The molecule has 0 atom stereocenters. The first-order valence-corrected chi connectivity index (χ1v) is 5.69. The van der Waals surface area contributed by atoms with E-state index >= 15 is 0 Å². The summed E-state index contributed by atoms with van der Waals surface area (Å²) >= 11 is 5.81. The van der Waals surface area contributed by atoms with E-state index in [1.54, 1.807) is 20.5 Å². The topological polar surface area (TPSA) is 64.9 Å². The van der Waals surface area contributed by atoms with Crippen LogP contribution in [0.2, 0.25) is 5.28 Å². The van der Waals surface area contributed by atoms with Crippen molar-refractivity contribution in [3.63, 3.8) is 0 Å². The molecule has 0 radical (unpaired) electrons. The van der Waals surface area contributed by atoms with Gasteiger partial charge in [-0.25, -0.2) is 4.98 Å². The summed E-state index contributed by atoms with van der Waals surface area (Å²) in [5.41, 5.74) is 1.47. The molecule has 2 heterocycles. The van der Waals surface area contributed by atoms with Gasteiger partial charge < -0.3 is 14.6 Å². The monoisotopic (exact) mass is 255 g/mol. The standard InChI is InChI=1S/C10H14ClN5O/c1-12-8-7-9(15-10(11)14-8)13-6-16(7)4-3-5-17-2/h6H,3-5H2,1-2H3,(H,12,14,15). The fourth-order valence-electron chi connectivity index (χ4n) is 1.68. The maximum Gasteiger partial charge on any atom is 0.226 e. The fraction of sp³-hybridized carbons (Fsp3) is 0.500. The van der Waals surface area contributed by atoms with Crippen molar-refractivity contribution in [3.8, 4) is 0 Å². The van der Waals surface area contributed by atoms with Crippen molar-refractivity contribution >= 4 is 28.6 Å². The predicted molar refractivity (Wildman–Crippen MR) is 66.4 cm³/mol. The average Bonchev–Trinajstić information content (AvgIpc) is 2.71. The van der Waals surface area contributed by atoms with E-state index in [4.69, 9.17) is 16.3 Å². The second kappa shape index (κ2) is 5.29. The van der Waals surface area contributed by atoms with Crippen LogP contribution in [0.5, 0.6) is 0 Å². The number of hydrogen-bond donors (Lipinski definition) is 1. The third-order valence-electron chi connectivity index (χ3n) is 2.43. The number of fused-ring (bicyclic) bond motifs is 1. The first-order valence-electron chi connectivity index (χ1n) is 5.31. The van der Waals surface area contributed by atoms with E-state index in [0.717, 1.165) is 18.5 Å². The number of aryl methyl sites for hydroxylation is 1. The molecule has 0 saturated carbocycles. The van der Waals surface area contributed by atoms with Crippen LogP contribution in [0.25, 0.3) is 11.2 Å². The number of nitrogens with one attached hydrogen (secondary N) is 1. The van der Waals surface area contributed by atoms with Crippen molar-refractivity contribution in [1.82, 2.24) is 19.5 Å². The second-order valence-corrected chi connectivity index (χ2v) is 3.89. The Hall–Kier alpha value is -1.40. The number of aromatic nitrogens is 4. The summed E-state index contributed by atoms with van der Waals surface area (Å²) in [6.07, 6.45) is 2.65. The van der Waals surface area contributed by atoms with Gasteiger partial charge in [0.2, 0.25) is 5.28 Å². The molecular weight excluding hydrogens is 242 g/mol. The van der Waals surface area contributed by atoms with Crippen LogP contribution in [0.15, 0.2) is 6.33 Å². The molecule has 0 aliphatic rings. The first-order chi connectivity index (χ1) is 8.26. The molecular formula is C10H14ClN5O. The molecule has 1 N–H and O–H groups in total. The Labute approximate surface area is 104 Å². The van der Waals surface area contributed by atoms with Gasteiger partial charge in [-0.05, 0) is 18.0 Å². The third-order valence-corrected chi connectivity index (χ3v) is 2.60. The fourth-order valence-corrected chi connectivity index (χ4v) is 1.84. The van der Waals surface area contributed by atoms with Gasteiger partial charge in [0.1, 0.15) is 5.52 Å². The van der Waals surface area contributed by atoms with Crippen LogP contribution in [-0.2, 0) is 11.3 Å². The number of methoxy groups -OCH3 is 1. The van der Waals surface area contributed by atoms with Crippen molar-refractivity contribution in [3.05, 3.63) is 11.6 Å². The lowest BCUT2D eigenvalue weighted by Gasteiger charge is -2.07. The van der Waals surface area contributed by atoms with Crippen molar-refractivity contribution in [2.75, 3.05) is 26.1 Å². The maximum absolute atomic E-state index is 5.81.